The summed E-state index contributed by atoms with van der Waals surface area (Å²) in [6, 6.07) is 27.2. The van der Waals surface area contributed by atoms with Crippen LogP contribution in [-0.2, 0) is 14.4 Å². The van der Waals surface area contributed by atoms with Crippen molar-refractivity contribution < 1.29 is 78.8 Å². The normalized spacial score (nSPS) is 16.0. The quantitative estimate of drug-likeness (QED) is 0.0259. The van der Waals surface area contributed by atoms with Gasteiger partial charge in [0.25, 0.3) is 17.7 Å². The Labute approximate surface area is 627 Å². The number of allylic oxidation sites excluding steroid dienone is 2. The van der Waals surface area contributed by atoms with Gasteiger partial charge in [-0.1, -0.05) is 26.5 Å². The van der Waals surface area contributed by atoms with Crippen molar-refractivity contribution in [3.05, 3.63) is 215 Å². The zero-order chi connectivity index (χ0) is 78.3. The lowest BCUT2D eigenvalue weighted by Gasteiger charge is -2.32. The van der Waals surface area contributed by atoms with Crippen molar-refractivity contribution in [1.29, 1.82) is 0 Å². The number of hydrogen-bond acceptors (Lipinski definition) is 16. The molecule has 25 nitrogen and oxygen atoms in total. The molecule has 9 aromatic rings. The van der Waals surface area contributed by atoms with E-state index in [1.54, 1.807) is 86.1 Å². The third kappa shape index (κ3) is 19.7. The summed E-state index contributed by atoms with van der Waals surface area (Å²) in [5, 5.41) is 22.7. The van der Waals surface area contributed by atoms with Crippen LogP contribution in [-0.4, -0.2) is 137 Å². The summed E-state index contributed by atoms with van der Waals surface area (Å²) in [5.41, 5.74) is 38.4. The molecule has 6 aromatic carbocycles. The molecule has 3 aliphatic rings. The van der Waals surface area contributed by atoms with E-state index in [1.165, 1.54) is 70.9 Å². The smallest absolute Gasteiger partial charge is 0.254 e. The molecule has 32 heteroatoms. The average Bonchev–Trinajstić information content (AvgIpc) is 1.64. The van der Waals surface area contributed by atoms with Gasteiger partial charge in [-0.25, -0.2) is 44.8 Å². The number of carbonyl (C=O) groups is 6. The van der Waals surface area contributed by atoms with E-state index in [-0.39, 0.29) is 131 Å². The van der Waals surface area contributed by atoms with Gasteiger partial charge in [-0.05, 0) is 173 Å². The van der Waals surface area contributed by atoms with E-state index < -0.39 is 58.8 Å². The molecule has 3 fully saturated rings. The molecule has 0 aliphatic carbocycles. The molecule has 1 unspecified atom stereocenters. The van der Waals surface area contributed by atoms with Gasteiger partial charge in [-0.2, -0.15) is 15.3 Å². The van der Waals surface area contributed by atoms with Crippen LogP contribution < -0.4 is 48.6 Å². The minimum absolute atomic E-state index is 0. The van der Waals surface area contributed by atoms with Crippen molar-refractivity contribution in [1.82, 2.24) is 44.0 Å². The molecule has 3 saturated heterocycles. The third-order valence-corrected chi connectivity index (χ3v) is 17.9. The molecule has 0 bridgehead atoms. The van der Waals surface area contributed by atoms with Gasteiger partial charge in [0.05, 0.1) is 24.7 Å². The number of primary amides is 3. The fourth-order valence-electron chi connectivity index (χ4n) is 12.6. The number of hydrogen-bond donors (Lipinski definition) is 7. The van der Waals surface area contributed by atoms with Crippen LogP contribution in [0, 0.1) is 34.9 Å². The van der Waals surface area contributed by atoms with Gasteiger partial charge in [0.15, 0.2) is 34.7 Å². The number of aliphatic hydroxyl groups excluding tert-OH is 1. The van der Waals surface area contributed by atoms with Gasteiger partial charge in [0.1, 0.15) is 92.1 Å². The number of alkyl halides is 1. The fraction of sp³-hybridized carbons (Fsp3) is 0.269. The van der Waals surface area contributed by atoms with Crippen molar-refractivity contribution in [2.45, 2.75) is 90.5 Å². The molecule has 578 valence electrons. The highest BCUT2D eigenvalue weighted by molar-refractivity contribution is 6.05. The number of nitrogens with two attached hydrogens (primary N) is 6. The van der Waals surface area contributed by atoms with E-state index in [4.69, 9.17) is 53.7 Å². The number of aliphatic hydroxyl groups is 1. The number of nitrogen functional groups attached to an aromatic ring is 3. The Bertz CT molecular complexity index is 4710. The maximum Gasteiger partial charge on any atom is 0.254 e. The van der Waals surface area contributed by atoms with Crippen molar-refractivity contribution in [3.63, 3.8) is 0 Å². The predicted octanol–water partition coefficient (Wildman–Crippen LogP) is 12.5. The molecule has 13 N–H and O–H groups in total. The molecule has 4 atom stereocenters. The van der Waals surface area contributed by atoms with Crippen LogP contribution in [0.15, 0.2) is 164 Å². The summed E-state index contributed by atoms with van der Waals surface area (Å²) < 4.78 is 115. The Morgan fingerprint density at radius 2 is 0.764 bits per heavy atom. The number of carbonyl (C=O) groups excluding carboxylic acids is 6. The molecular formula is C78H82F7N15O10. The van der Waals surface area contributed by atoms with Crippen LogP contribution in [0.4, 0.5) is 48.2 Å². The lowest BCUT2D eigenvalue weighted by molar-refractivity contribution is -0.128. The van der Waals surface area contributed by atoms with Crippen molar-refractivity contribution >= 4 is 52.9 Å². The first-order valence-corrected chi connectivity index (χ1v) is 34.6. The summed E-state index contributed by atoms with van der Waals surface area (Å²) in [4.78, 5) is 79.1. The summed E-state index contributed by atoms with van der Waals surface area (Å²) in [6.07, 6.45) is 12.2. The van der Waals surface area contributed by atoms with Crippen molar-refractivity contribution in [3.8, 4) is 68.3 Å². The van der Waals surface area contributed by atoms with E-state index >= 15 is 0 Å². The van der Waals surface area contributed by atoms with Gasteiger partial charge in [-0.15, -0.1) is 0 Å². The average molecular weight is 1520 g/mol. The number of aromatic nitrogens is 6. The first-order chi connectivity index (χ1) is 52.2. The number of amides is 6. The highest BCUT2D eigenvalue weighted by Gasteiger charge is 2.34. The van der Waals surface area contributed by atoms with Crippen LogP contribution in [0.1, 0.15) is 115 Å². The van der Waals surface area contributed by atoms with E-state index in [0.29, 0.717) is 86.5 Å². The van der Waals surface area contributed by atoms with E-state index in [0.717, 1.165) is 55.7 Å². The topological polar surface area (TPSA) is 370 Å². The van der Waals surface area contributed by atoms with Gasteiger partial charge < -0.3 is 68.4 Å². The second-order valence-corrected chi connectivity index (χ2v) is 25.5. The highest BCUT2D eigenvalue weighted by Crippen LogP contribution is 2.39. The Balaban J connectivity index is 0.000000189. The minimum atomic E-state index is -1.24. The largest absolute Gasteiger partial charge is 0.454 e. The Morgan fingerprint density at radius 1 is 0.473 bits per heavy atom. The van der Waals surface area contributed by atoms with Crippen LogP contribution in [0.3, 0.4) is 0 Å². The molecule has 0 radical (unpaired) electrons. The fourth-order valence-corrected chi connectivity index (χ4v) is 12.6. The second-order valence-electron chi connectivity index (χ2n) is 25.5. The summed E-state index contributed by atoms with van der Waals surface area (Å²) in [7, 11) is 0. The number of ether oxygens (including phenoxy) is 3. The van der Waals surface area contributed by atoms with Crippen LogP contribution >= 0.6 is 0 Å². The first-order valence-electron chi connectivity index (χ1n) is 34.6. The summed E-state index contributed by atoms with van der Waals surface area (Å²) in [6.45, 7) is 5.77. The predicted molar refractivity (Wildman–Crippen MR) is 398 cm³/mol. The van der Waals surface area contributed by atoms with E-state index in [2.05, 4.69) is 15.3 Å². The van der Waals surface area contributed by atoms with Crippen molar-refractivity contribution in [2.24, 2.45) is 17.2 Å². The summed E-state index contributed by atoms with van der Waals surface area (Å²) in [5.74, 6) is -6.76. The maximum atomic E-state index is 13.9. The zero-order valence-electron chi connectivity index (χ0n) is 59.1. The maximum absolute atomic E-state index is 13.9. The lowest BCUT2D eigenvalue weighted by atomic mass is 10.1. The molecule has 110 heavy (non-hydrogen) atoms. The molecule has 3 aromatic heterocycles. The van der Waals surface area contributed by atoms with Crippen LogP contribution in [0.5, 0.6) is 34.5 Å². The number of rotatable bonds is 21. The summed E-state index contributed by atoms with van der Waals surface area (Å²) >= 11 is 0. The zero-order valence-corrected chi connectivity index (χ0v) is 59.1. The lowest BCUT2D eigenvalue weighted by Crippen LogP contribution is -2.40. The monoisotopic (exact) mass is 1520 g/mol. The third-order valence-electron chi connectivity index (χ3n) is 17.9. The Morgan fingerprint density at radius 3 is 1.03 bits per heavy atom. The van der Waals surface area contributed by atoms with Gasteiger partial charge >= 0.3 is 0 Å². The van der Waals surface area contributed by atoms with Crippen LogP contribution in [0.25, 0.3) is 33.8 Å². The molecule has 6 heterocycles. The highest BCUT2D eigenvalue weighted by atomic mass is 19.2. The molecule has 6 amide bonds. The second kappa shape index (κ2) is 36.7. The number of halogens is 7. The number of anilines is 3. The Hall–Kier alpha value is -12.7. The molecular weight excluding hydrogens is 1440 g/mol. The molecule has 0 saturated carbocycles. The van der Waals surface area contributed by atoms with Gasteiger partial charge in [-0.3, -0.25) is 28.8 Å². The van der Waals surface area contributed by atoms with Gasteiger partial charge in [0.2, 0.25) is 17.7 Å². The standard InChI is InChI=1S/C26H26F3N5O3.C26H27F2N5O3.C25H25F2N5O4.CH4/c1-15(27)4-11-22(35)33-12-2-3-18(14-33)34-25(30)23(26(31)36)24(32-34)16-5-8-19(9-6-16)37-21-10-7-17(28)13-20(21)29;1-2-3-6-22(34)32-13-4-5-18(15-32)33-25(29)23(26(30)35)24(31-33)16-7-10-19(11-8-16)36-21-12-9-17(27)14-20(21)28;26-16-7-10-20(19(27)13-16)36-18-8-5-15(6-9-18)23-22(25(29)35)24(28)32(30-23)17-3-1-11-31(14-17)21(34)4-2-12-33;/h4-11,13,15,18H,2-3,12,14,30H2,1H3,(H2,31,36);3,6-12,14,18H,2,4-5,13,15,29H2,1H3,(H2,30,35);2,4-10,13,17,33H,1,3,11-12,14,28H2,(H2,29,35);1H4/b11-4+;6-3+;4-2+;/t15?,18-;18-;17-;/m111./s1. The SMILES string of the molecule is C.CC(F)/C=C/C(=O)N1CCC[C@@H](n2nc(-c3ccc(Oc4ccc(F)cc4F)cc3)c(C(N)=O)c2N)C1.CC/C=C/C(=O)N1CCC[C@@H](n2nc(-c3ccc(Oc4ccc(F)cc4F)cc3)c(C(N)=O)c2N)C1.NC(=O)c1c(-c2ccc(Oc3ccc(F)cc3F)cc2)nn([C@@H]2CCCN(C(=O)/C=C/CO)C2)c1N. The molecule has 12 rings (SSSR count). The number of nitrogens with zero attached hydrogens (tertiary/aromatic N) is 9. The number of likely N-dealkylation sites (tertiary alicyclic amines) is 3. The molecule has 3 aliphatic heterocycles. The Kier molecular flexibility index (Phi) is 27.1. The number of piperidine rings is 3. The molecule has 0 spiro atoms. The van der Waals surface area contributed by atoms with E-state index in [9.17, 15) is 59.5 Å². The van der Waals surface area contributed by atoms with Crippen LogP contribution in [0.2, 0.25) is 0 Å². The minimum Gasteiger partial charge on any atom is -0.454 e. The number of benzene rings is 6. The first kappa shape index (κ1) is 81.3. The van der Waals surface area contributed by atoms with Crippen molar-refractivity contribution in [2.75, 3.05) is 63.1 Å². The van der Waals surface area contributed by atoms with E-state index in [1.807, 2.05) is 13.0 Å². The van der Waals surface area contributed by atoms with Gasteiger partial charge in [0, 0.05) is 86.3 Å².